The molecule has 20 heavy (non-hydrogen) atoms. The van der Waals surface area contributed by atoms with Gasteiger partial charge >= 0.3 is 5.97 Å². The number of rotatable bonds is 4. The van der Waals surface area contributed by atoms with Crippen molar-refractivity contribution in [1.29, 1.82) is 5.26 Å². The van der Waals surface area contributed by atoms with Crippen LogP contribution >= 0.6 is 0 Å². The normalized spacial score (nSPS) is 9.75. The number of anilines is 1. The Morgan fingerprint density at radius 1 is 1.40 bits per heavy atom. The van der Waals surface area contributed by atoms with Gasteiger partial charge in [0.2, 0.25) is 5.91 Å². The van der Waals surface area contributed by atoms with E-state index in [1.54, 1.807) is 18.2 Å². The first-order valence-electron chi connectivity index (χ1n) is 5.66. The molecule has 1 aromatic carbocycles. The molecule has 0 bridgehead atoms. The number of carbonyl (C=O) groups is 2. The summed E-state index contributed by atoms with van der Waals surface area (Å²) in [6.07, 6.45) is 1.19. The zero-order valence-electron chi connectivity index (χ0n) is 10.3. The number of aromatic amines is 1. The minimum Gasteiger partial charge on any atom is -0.478 e. The van der Waals surface area contributed by atoms with Crippen LogP contribution in [0, 0.1) is 11.3 Å². The van der Waals surface area contributed by atoms with Gasteiger partial charge in [-0.25, -0.2) is 4.79 Å². The number of amides is 1. The van der Waals surface area contributed by atoms with Crippen molar-refractivity contribution in [2.75, 3.05) is 5.32 Å². The highest BCUT2D eigenvalue weighted by Gasteiger charge is 2.14. The predicted octanol–water partition coefficient (Wildman–Crippen LogP) is 1.16. The molecule has 0 aliphatic heterocycles. The van der Waals surface area contributed by atoms with Gasteiger partial charge in [-0.05, 0) is 11.6 Å². The molecular formula is C13H10N4O3. The van der Waals surface area contributed by atoms with E-state index in [0.717, 1.165) is 0 Å². The molecule has 2 rings (SSSR count). The van der Waals surface area contributed by atoms with Crippen molar-refractivity contribution in [3.63, 3.8) is 0 Å². The fourth-order valence-electron chi connectivity index (χ4n) is 1.71. The van der Waals surface area contributed by atoms with Crippen molar-refractivity contribution >= 4 is 17.7 Å². The summed E-state index contributed by atoms with van der Waals surface area (Å²) in [5, 5.41) is 26.4. The Kier molecular flexibility index (Phi) is 3.77. The summed E-state index contributed by atoms with van der Waals surface area (Å²) in [4.78, 5) is 22.9. The molecule has 0 unspecified atom stereocenters. The summed E-state index contributed by atoms with van der Waals surface area (Å²) in [6.45, 7) is 0. The number of aromatic nitrogens is 2. The SMILES string of the molecule is N#Cc1cn[nH]c1NC(=O)Cc1ccccc1C(=O)O. The quantitative estimate of drug-likeness (QED) is 0.770. The highest BCUT2D eigenvalue weighted by molar-refractivity contribution is 5.96. The number of hydrogen-bond acceptors (Lipinski definition) is 4. The Balaban J connectivity index is 2.13. The first-order valence-corrected chi connectivity index (χ1v) is 5.66. The second kappa shape index (κ2) is 5.67. The summed E-state index contributed by atoms with van der Waals surface area (Å²) in [5.74, 6) is -1.32. The molecule has 7 nitrogen and oxygen atoms in total. The fourth-order valence-corrected chi connectivity index (χ4v) is 1.71. The van der Waals surface area contributed by atoms with Crippen LogP contribution in [0.5, 0.6) is 0 Å². The van der Waals surface area contributed by atoms with Gasteiger partial charge in [0, 0.05) is 0 Å². The summed E-state index contributed by atoms with van der Waals surface area (Å²) in [7, 11) is 0. The van der Waals surface area contributed by atoms with Gasteiger partial charge in [-0.2, -0.15) is 10.4 Å². The van der Waals surface area contributed by atoms with E-state index < -0.39 is 11.9 Å². The van der Waals surface area contributed by atoms with Gasteiger partial charge in [-0.3, -0.25) is 9.89 Å². The standard InChI is InChI=1S/C13H10N4O3/c14-6-9-7-15-17-12(9)16-11(18)5-8-3-1-2-4-10(8)13(19)20/h1-4,7H,5H2,(H,19,20)(H2,15,16,17,18). The molecule has 0 aliphatic rings. The lowest BCUT2D eigenvalue weighted by Crippen LogP contribution is -2.17. The topological polar surface area (TPSA) is 119 Å². The number of nitriles is 1. The van der Waals surface area contributed by atoms with Crippen molar-refractivity contribution in [1.82, 2.24) is 10.2 Å². The molecule has 2 aromatic rings. The van der Waals surface area contributed by atoms with Crippen LogP contribution in [0.25, 0.3) is 0 Å². The van der Waals surface area contributed by atoms with E-state index in [2.05, 4.69) is 15.5 Å². The zero-order valence-corrected chi connectivity index (χ0v) is 10.3. The molecule has 0 saturated heterocycles. The number of benzene rings is 1. The van der Waals surface area contributed by atoms with Crippen LogP contribution < -0.4 is 5.32 Å². The zero-order chi connectivity index (χ0) is 14.5. The molecule has 1 amide bonds. The van der Waals surface area contributed by atoms with E-state index >= 15 is 0 Å². The smallest absolute Gasteiger partial charge is 0.335 e. The summed E-state index contributed by atoms with van der Waals surface area (Å²) < 4.78 is 0. The van der Waals surface area contributed by atoms with Gasteiger partial charge in [-0.1, -0.05) is 18.2 Å². The van der Waals surface area contributed by atoms with Gasteiger partial charge in [0.25, 0.3) is 0 Å². The first kappa shape index (κ1) is 13.3. The number of hydrogen-bond donors (Lipinski definition) is 3. The summed E-state index contributed by atoms with van der Waals surface area (Å²) in [6, 6.07) is 8.12. The number of nitrogens with one attached hydrogen (secondary N) is 2. The lowest BCUT2D eigenvalue weighted by molar-refractivity contribution is -0.115. The third-order valence-corrected chi connectivity index (χ3v) is 2.62. The number of carbonyl (C=O) groups excluding carboxylic acids is 1. The van der Waals surface area contributed by atoms with E-state index in [1.165, 1.54) is 12.3 Å². The number of aromatic carboxylic acids is 1. The minimum absolute atomic E-state index is 0.0766. The van der Waals surface area contributed by atoms with Crippen LogP contribution in [0.2, 0.25) is 0 Å². The van der Waals surface area contributed by atoms with Gasteiger partial charge in [0.15, 0.2) is 0 Å². The molecule has 0 spiro atoms. The summed E-state index contributed by atoms with van der Waals surface area (Å²) in [5.41, 5.74) is 0.688. The van der Waals surface area contributed by atoms with Crippen LogP contribution in [0.1, 0.15) is 21.5 Å². The Hall–Kier alpha value is -3.14. The van der Waals surface area contributed by atoms with Crippen LogP contribution in [0.4, 0.5) is 5.82 Å². The first-order chi connectivity index (χ1) is 9.61. The van der Waals surface area contributed by atoms with E-state index in [9.17, 15) is 9.59 Å². The Bertz CT molecular complexity index is 700. The molecule has 100 valence electrons. The van der Waals surface area contributed by atoms with Crippen LogP contribution in [-0.2, 0) is 11.2 Å². The predicted molar refractivity (Wildman–Crippen MR) is 69.0 cm³/mol. The molecule has 3 N–H and O–H groups in total. The maximum absolute atomic E-state index is 11.9. The number of carboxylic acids is 1. The highest BCUT2D eigenvalue weighted by atomic mass is 16.4. The van der Waals surface area contributed by atoms with Crippen molar-refractivity contribution in [2.45, 2.75) is 6.42 Å². The average molecular weight is 270 g/mol. The Morgan fingerprint density at radius 2 is 2.15 bits per heavy atom. The molecule has 1 heterocycles. The molecule has 0 aliphatic carbocycles. The van der Waals surface area contributed by atoms with E-state index in [4.69, 9.17) is 10.4 Å². The Morgan fingerprint density at radius 3 is 2.85 bits per heavy atom. The number of H-pyrrole nitrogens is 1. The van der Waals surface area contributed by atoms with Gasteiger partial charge in [0.1, 0.15) is 17.5 Å². The van der Waals surface area contributed by atoms with Crippen molar-refractivity contribution in [2.24, 2.45) is 0 Å². The molecule has 0 saturated carbocycles. The molecule has 1 aromatic heterocycles. The van der Waals surface area contributed by atoms with Gasteiger partial charge in [-0.15, -0.1) is 0 Å². The number of carboxylic acid groups (broad SMARTS) is 1. The van der Waals surface area contributed by atoms with E-state index in [-0.39, 0.29) is 23.4 Å². The van der Waals surface area contributed by atoms with Gasteiger partial charge < -0.3 is 10.4 Å². The highest BCUT2D eigenvalue weighted by Crippen LogP contribution is 2.12. The van der Waals surface area contributed by atoms with Crippen LogP contribution in [0.15, 0.2) is 30.5 Å². The van der Waals surface area contributed by atoms with Crippen molar-refractivity contribution in [3.05, 3.63) is 47.2 Å². The van der Waals surface area contributed by atoms with E-state index in [1.807, 2.05) is 6.07 Å². The molecule has 0 radical (unpaired) electrons. The van der Waals surface area contributed by atoms with E-state index in [0.29, 0.717) is 5.56 Å². The lowest BCUT2D eigenvalue weighted by Gasteiger charge is -2.06. The van der Waals surface area contributed by atoms with Crippen LogP contribution in [-0.4, -0.2) is 27.2 Å². The van der Waals surface area contributed by atoms with Crippen molar-refractivity contribution in [3.8, 4) is 6.07 Å². The third kappa shape index (κ3) is 2.81. The van der Waals surface area contributed by atoms with Gasteiger partial charge in [0.05, 0.1) is 18.2 Å². The molecule has 7 heteroatoms. The summed E-state index contributed by atoms with van der Waals surface area (Å²) >= 11 is 0. The maximum Gasteiger partial charge on any atom is 0.335 e. The molecule has 0 fully saturated rings. The van der Waals surface area contributed by atoms with Crippen molar-refractivity contribution < 1.29 is 14.7 Å². The second-order valence-electron chi connectivity index (χ2n) is 3.96. The molecule has 0 atom stereocenters. The Labute approximate surface area is 113 Å². The second-order valence-corrected chi connectivity index (χ2v) is 3.96. The third-order valence-electron chi connectivity index (χ3n) is 2.62. The monoisotopic (exact) mass is 270 g/mol. The average Bonchev–Trinajstić information content (AvgIpc) is 2.86. The fraction of sp³-hybridized carbons (Fsp3) is 0.0769. The lowest BCUT2D eigenvalue weighted by atomic mass is 10.0. The van der Waals surface area contributed by atoms with Crippen LogP contribution in [0.3, 0.4) is 0 Å². The minimum atomic E-state index is -1.09. The number of nitrogens with zero attached hydrogens (tertiary/aromatic N) is 2. The maximum atomic E-state index is 11.9. The molecular weight excluding hydrogens is 260 g/mol. The largest absolute Gasteiger partial charge is 0.478 e.